The maximum absolute atomic E-state index is 4.41. The van der Waals surface area contributed by atoms with Gasteiger partial charge in [-0.25, -0.2) is 0 Å². The Labute approximate surface area is 177 Å². The third-order valence-corrected chi connectivity index (χ3v) is 5.00. The molecule has 1 saturated heterocycles. The van der Waals surface area contributed by atoms with E-state index in [0.717, 1.165) is 18.4 Å². The van der Waals surface area contributed by atoms with Gasteiger partial charge in [0.1, 0.15) is 0 Å². The molecule has 1 atom stereocenters. The molecule has 1 aromatic rings. The summed E-state index contributed by atoms with van der Waals surface area (Å²) in [5, 5.41) is 7.11. The predicted octanol–water partition coefficient (Wildman–Crippen LogP) is 4.00. The Hall–Kier alpha value is -0.820. The van der Waals surface area contributed by atoms with Crippen LogP contribution in [0.4, 0.5) is 0 Å². The zero-order valence-corrected chi connectivity index (χ0v) is 19.4. The van der Waals surface area contributed by atoms with Gasteiger partial charge >= 0.3 is 0 Å². The Morgan fingerprint density at radius 2 is 1.77 bits per heavy atom. The highest BCUT2D eigenvalue weighted by Crippen LogP contribution is 2.15. The summed E-state index contributed by atoms with van der Waals surface area (Å²) in [5.74, 6) is 2.15. The standard InChI is InChI=1S/C21H36N4.HI/c1-16(2)15-25-12-10-20(11-13-25)24-21(22-5)23-14-18(4)19-8-6-17(3)7-9-19;/h6-9,16,18,20H,10-15H2,1-5H3,(H2,22,23,24);1H. The van der Waals surface area contributed by atoms with Gasteiger partial charge in [-0.15, -0.1) is 24.0 Å². The molecule has 0 spiro atoms. The number of aryl methyl sites for hydroxylation is 1. The number of hydrogen-bond donors (Lipinski definition) is 2. The Kier molecular flexibility index (Phi) is 10.5. The van der Waals surface area contributed by atoms with Crippen molar-refractivity contribution in [3.8, 4) is 0 Å². The first kappa shape index (κ1) is 23.2. The minimum absolute atomic E-state index is 0. The van der Waals surface area contributed by atoms with Crippen LogP contribution in [0.2, 0.25) is 0 Å². The molecule has 1 fully saturated rings. The lowest BCUT2D eigenvalue weighted by Crippen LogP contribution is -2.49. The highest BCUT2D eigenvalue weighted by atomic mass is 127. The van der Waals surface area contributed by atoms with Gasteiger partial charge in [0.25, 0.3) is 0 Å². The first-order valence-electron chi connectivity index (χ1n) is 9.74. The van der Waals surface area contributed by atoms with E-state index in [1.165, 1.54) is 43.6 Å². The molecule has 0 radical (unpaired) electrons. The molecule has 1 aliphatic rings. The number of nitrogens with one attached hydrogen (secondary N) is 2. The average Bonchev–Trinajstić information content (AvgIpc) is 2.60. The minimum Gasteiger partial charge on any atom is -0.356 e. The minimum atomic E-state index is 0. The quantitative estimate of drug-likeness (QED) is 0.374. The molecule has 0 bridgehead atoms. The van der Waals surface area contributed by atoms with Crippen molar-refractivity contribution in [2.75, 3.05) is 33.2 Å². The second-order valence-electron chi connectivity index (χ2n) is 7.88. The van der Waals surface area contributed by atoms with Gasteiger partial charge in [-0.2, -0.15) is 0 Å². The summed E-state index contributed by atoms with van der Waals surface area (Å²) >= 11 is 0. The van der Waals surface area contributed by atoms with Gasteiger partial charge in [-0.3, -0.25) is 4.99 Å². The molecule has 1 aromatic carbocycles. The number of nitrogens with zero attached hydrogens (tertiary/aromatic N) is 2. The number of hydrogen-bond acceptors (Lipinski definition) is 2. The van der Waals surface area contributed by atoms with Crippen molar-refractivity contribution in [3.05, 3.63) is 35.4 Å². The molecule has 0 amide bonds. The molecule has 4 nitrogen and oxygen atoms in total. The number of likely N-dealkylation sites (tertiary alicyclic amines) is 1. The molecule has 1 heterocycles. The first-order valence-corrected chi connectivity index (χ1v) is 9.74. The van der Waals surface area contributed by atoms with Gasteiger partial charge in [0, 0.05) is 39.3 Å². The third kappa shape index (κ3) is 7.82. The number of guanidine groups is 1. The number of piperidine rings is 1. The van der Waals surface area contributed by atoms with E-state index in [0.29, 0.717) is 12.0 Å². The molecular formula is C21H37IN4. The summed E-state index contributed by atoms with van der Waals surface area (Å²) in [7, 11) is 1.86. The van der Waals surface area contributed by atoms with Crippen LogP contribution in [-0.2, 0) is 0 Å². The number of rotatable bonds is 6. The van der Waals surface area contributed by atoms with Crippen molar-refractivity contribution in [2.24, 2.45) is 10.9 Å². The van der Waals surface area contributed by atoms with E-state index in [1.54, 1.807) is 0 Å². The molecule has 0 saturated carbocycles. The van der Waals surface area contributed by atoms with Crippen LogP contribution in [0.3, 0.4) is 0 Å². The highest BCUT2D eigenvalue weighted by molar-refractivity contribution is 14.0. The second kappa shape index (κ2) is 11.8. The summed E-state index contributed by atoms with van der Waals surface area (Å²) in [5.41, 5.74) is 2.68. The smallest absolute Gasteiger partial charge is 0.191 e. The van der Waals surface area contributed by atoms with E-state index in [1.807, 2.05) is 7.05 Å². The Balaban J connectivity index is 0.00000338. The summed E-state index contributed by atoms with van der Waals surface area (Å²) in [4.78, 5) is 6.99. The topological polar surface area (TPSA) is 39.7 Å². The van der Waals surface area contributed by atoms with Crippen molar-refractivity contribution in [3.63, 3.8) is 0 Å². The van der Waals surface area contributed by atoms with E-state index in [-0.39, 0.29) is 24.0 Å². The van der Waals surface area contributed by atoms with Crippen LogP contribution in [0.5, 0.6) is 0 Å². The molecule has 2 rings (SSSR count). The normalized spacial score (nSPS) is 17.7. The maximum atomic E-state index is 4.41. The monoisotopic (exact) mass is 472 g/mol. The predicted molar refractivity (Wildman–Crippen MR) is 124 cm³/mol. The van der Waals surface area contributed by atoms with Gasteiger partial charge < -0.3 is 15.5 Å². The van der Waals surface area contributed by atoms with Crippen LogP contribution >= 0.6 is 24.0 Å². The van der Waals surface area contributed by atoms with Crippen LogP contribution in [0.25, 0.3) is 0 Å². The summed E-state index contributed by atoms with van der Waals surface area (Å²) in [6.07, 6.45) is 2.39. The third-order valence-electron chi connectivity index (χ3n) is 5.00. The number of aliphatic imine (C=N–C) groups is 1. The molecule has 0 aromatic heterocycles. The fraction of sp³-hybridized carbons (Fsp3) is 0.667. The summed E-state index contributed by atoms with van der Waals surface area (Å²) in [6, 6.07) is 9.35. The van der Waals surface area contributed by atoms with Crippen molar-refractivity contribution >= 4 is 29.9 Å². The van der Waals surface area contributed by atoms with Gasteiger partial charge in [-0.1, -0.05) is 50.6 Å². The second-order valence-corrected chi connectivity index (χ2v) is 7.88. The van der Waals surface area contributed by atoms with E-state index in [9.17, 15) is 0 Å². The highest BCUT2D eigenvalue weighted by Gasteiger charge is 2.20. The molecule has 0 aliphatic carbocycles. The van der Waals surface area contributed by atoms with E-state index < -0.39 is 0 Å². The van der Waals surface area contributed by atoms with Crippen LogP contribution in [0.1, 0.15) is 50.7 Å². The number of benzene rings is 1. The van der Waals surface area contributed by atoms with Crippen LogP contribution < -0.4 is 10.6 Å². The van der Waals surface area contributed by atoms with Gasteiger partial charge in [0.2, 0.25) is 0 Å². The lowest BCUT2D eigenvalue weighted by Gasteiger charge is -2.34. The molecule has 148 valence electrons. The largest absolute Gasteiger partial charge is 0.356 e. The maximum Gasteiger partial charge on any atom is 0.191 e. The SMILES string of the molecule is CN=C(NCC(C)c1ccc(C)cc1)NC1CCN(CC(C)C)CC1.I. The molecular weight excluding hydrogens is 435 g/mol. The number of halogens is 1. The first-order chi connectivity index (χ1) is 12.0. The van der Waals surface area contributed by atoms with Crippen molar-refractivity contribution in [1.82, 2.24) is 15.5 Å². The van der Waals surface area contributed by atoms with Crippen LogP contribution in [0, 0.1) is 12.8 Å². The zero-order chi connectivity index (χ0) is 18.2. The lowest BCUT2D eigenvalue weighted by atomic mass is 10.00. The Morgan fingerprint density at radius 3 is 2.31 bits per heavy atom. The molecule has 1 aliphatic heterocycles. The Morgan fingerprint density at radius 1 is 1.15 bits per heavy atom. The van der Waals surface area contributed by atoms with Crippen molar-refractivity contribution in [2.45, 2.75) is 52.5 Å². The lowest BCUT2D eigenvalue weighted by molar-refractivity contribution is 0.187. The van der Waals surface area contributed by atoms with Gasteiger partial charge in [0.15, 0.2) is 5.96 Å². The van der Waals surface area contributed by atoms with E-state index >= 15 is 0 Å². The van der Waals surface area contributed by atoms with Gasteiger partial charge in [-0.05, 0) is 37.2 Å². The van der Waals surface area contributed by atoms with Crippen LogP contribution in [0.15, 0.2) is 29.3 Å². The summed E-state index contributed by atoms with van der Waals surface area (Å²) < 4.78 is 0. The van der Waals surface area contributed by atoms with Gasteiger partial charge in [0.05, 0.1) is 0 Å². The summed E-state index contributed by atoms with van der Waals surface area (Å²) in [6.45, 7) is 13.5. The fourth-order valence-corrected chi connectivity index (χ4v) is 3.43. The molecule has 1 unspecified atom stereocenters. The van der Waals surface area contributed by atoms with E-state index in [4.69, 9.17) is 0 Å². The van der Waals surface area contributed by atoms with Crippen molar-refractivity contribution < 1.29 is 0 Å². The molecule has 26 heavy (non-hydrogen) atoms. The Bertz CT molecular complexity index is 533. The molecule has 2 N–H and O–H groups in total. The average molecular weight is 472 g/mol. The zero-order valence-electron chi connectivity index (χ0n) is 17.1. The fourth-order valence-electron chi connectivity index (χ4n) is 3.43. The van der Waals surface area contributed by atoms with E-state index in [2.05, 4.69) is 72.5 Å². The molecule has 5 heteroatoms. The van der Waals surface area contributed by atoms with Crippen molar-refractivity contribution in [1.29, 1.82) is 0 Å². The van der Waals surface area contributed by atoms with Crippen LogP contribution in [-0.4, -0.2) is 50.1 Å².